The molecule has 0 N–H and O–H groups in total. The Kier molecular flexibility index (Phi) is 4.67. The SMILES string of the molecule is O=C(CCC(=O)N1CCN(c2cccc(Cl)c2)CC1)C1CC1. The fourth-order valence-corrected chi connectivity index (χ4v) is 3.07. The molecule has 1 saturated carbocycles. The Labute approximate surface area is 136 Å². The summed E-state index contributed by atoms with van der Waals surface area (Å²) in [4.78, 5) is 28.0. The first-order valence-corrected chi connectivity index (χ1v) is 8.32. The van der Waals surface area contributed by atoms with Gasteiger partial charge in [-0.25, -0.2) is 0 Å². The smallest absolute Gasteiger partial charge is 0.223 e. The zero-order valence-electron chi connectivity index (χ0n) is 12.6. The molecule has 1 saturated heterocycles. The van der Waals surface area contributed by atoms with Crippen molar-refractivity contribution in [3.63, 3.8) is 0 Å². The van der Waals surface area contributed by atoms with E-state index in [2.05, 4.69) is 4.90 Å². The normalized spacial score (nSPS) is 18.4. The van der Waals surface area contributed by atoms with Gasteiger partial charge in [-0.2, -0.15) is 0 Å². The van der Waals surface area contributed by atoms with Gasteiger partial charge in [-0.3, -0.25) is 9.59 Å². The van der Waals surface area contributed by atoms with E-state index in [9.17, 15) is 9.59 Å². The third-order valence-electron chi connectivity index (χ3n) is 4.42. The topological polar surface area (TPSA) is 40.6 Å². The van der Waals surface area contributed by atoms with Gasteiger partial charge < -0.3 is 9.80 Å². The zero-order valence-corrected chi connectivity index (χ0v) is 13.4. The second-order valence-electron chi connectivity index (χ2n) is 6.09. The van der Waals surface area contributed by atoms with E-state index >= 15 is 0 Å². The molecule has 5 heteroatoms. The van der Waals surface area contributed by atoms with E-state index in [0.29, 0.717) is 25.9 Å². The van der Waals surface area contributed by atoms with Gasteiger partial charge in [0.1, 0.15) is 5.78 Å². The van der Waals surface area contributed by atoms with Crippen LogP contribution in [0, 0.1) is 5.92 Å². The Hall–Kier alpha value is -1.55. The van der Waals surface area contributed by atoms with Crippen LogP contribution in [0.2, 0.25) is 5.02 Å². The minimum Gasteiger partial charge on any atom is -0.368 e. The highest BCUT2D eigenvalue weighted by Crippen LogP contribution is 2.31. The predicted molar refractivity (Wildman–Crippen MR) is 87.2 cm³/mol. The molecule has 1 amide bonds. The number of nitrogens with zero attached hydrogens (tertiary/aromatic N) is 2. The highest BCUT2D eigenvalue weighted by molar-refractivity contribution is 6.30. The summed E-state index contributed by atoms with van der Waals surface area (Å²) in [5, 5.41) is 0.731. The van der Waals surface area contributed by atoms with Crippen molar-refractivity contribution in [1.29, 1.82) is 0 Å². The number of Topliss-reactive ketones (excluding diaryl/α,β-unsaturated/α-hetero) is 1. The number of hydrogen-bond acceptors (Lipinski definition) is 3. The summed E-state index contributed by atoms with van der Waals surface area (Å²) in [6, 6.07) is 7.80. The van der Waals surface area contributed by atoms with E-state index in [0.717, 1.165) is 36.6 Å². The predicted octanol–water partition coefficient (Wildman–Crippen LogP) is 2.75. The molecule has 0 bridgehead atoms. The quantitative estimate of drug-likeness (QED) is 0.837. The zero-order chi connectivity index (χ0) is 15.5. The molecule has 0 spiro atoms. The van der Waals surface area contributed by atoms with E-state index in [1.807, 2.05) is 29.2 Å². The van der Waals surface area contributed by atoms with Gasteiger partial charge in [0.15, 0.2) is 0 Å². The molecule has 118 valence electrons. The summed E-state index contributed by atoms with van der Waals surface area (Å²) in [7, 11) is 0. The minimum absolute atomic E-state index is 0.111. The number of rotatable bonds is 5. The third kappa shape index (κ3) is 3.80. The highest BCUT2D eigenvalue weighted by Gasteiger charge is 2.30. The van der Waals surface area contributed by atoms with Gasteiger partial charge in [0.25, 0.3) is 0 Å². The molecule has 1 aromatic rings. The largest absolute Gasteiger partial charge is 0.368 e. The molecule has 1 heterocycles. The highest BCUT2D eigenvalue weighted by atomic mass is 35.5. The second kappa shape index (κ2) is 6.69. The van der Waals surface area contributed by atoms with Gasteiger partial charge in [0.2, 0.25) is 5.91 Å². The number of anilines is 1. The lowest BCUT2D eigenvalue weighted by Gasteiger charge is -2.36. The number of benzene rings is 1. The number of amides is 1. The molecule has 1 aromatic carbocycles. The summed E-state index contributed by atoms with van der Waals surface area (Å²) in [5.41, 5.74) is 1.10. The number of piperazine rings is 1. The van der Waals surface area contributed by atoms with Crippen LogP contribution in [0.5, 0.6) is 0 Å². The van der Waals surface area contributed by atoms with E-state index in [-0.39, 0.29) is 17.6 Å². The van der Waals surface area contributed by atoms with Crippen molar-refractivity contribution in [2.45, 2.75) is 25.7 Å². The average Bonchev–Trinajstić information content (AvgIpc) is 3.37. The Morgan fingerprint density at radius 2 is 1.82 bits per heavy atom. The molecule has 2 aliphatic rings. The summed E-state index contributed by atoms with van der Waals surface area (Å²) in [6.07, 6.45) is 2.82. The van der Waals surface area contributed by atoms with Crippen LogP contribution in [0.1, 0.15) is 25.7 Å². The molecular formula is C17H21ClN2O2. The van der Waals surface area contributed by atoms with Crippen LogP contribution in [-0.2, 0) is 9.59 Å². The lowest BCUT2D eigenvalue weighted by molar-refractivity contribution is -0.133. The van der Waals surface area contributed by atoms with Crippen molar-refractivity contribution < 1.29 is 9.59 Å². The van der Waals surface area contributed by atoms with Crippen LogP contribution in [0.4, 0.5) is 5.69 Å². The number of halogens is 1. The van der Waals surface area contributed by atoms with Crippen LogP contribution < -0.4 is 4.90 Å². The van der Waals surface area contributed by atoms with Crippen LogP contribution in [0.25, 0.3) is 0 Å². The standard InChI is InChI=1S/C17H21ClN2O2/c18-14-2-1-3-15(12-14)19-8-10-20(11-9-19)17(22)7-6-16(21)13-4-5-13/h1-3,12-13H,4-11H2. The molecule has 22 heavy (non-hydrogen) atoms. The fourth-order valence-electron chi connectivity index (χ4n) is 2.88. The fraction of sp³-hybridized carbons (Fsp3) is 0.529. The molecule has 0 atom stereocenters. The monoisotopic (exact) mass is 320 g/mol. The van der Waals surface area contributed by atoms with Crippen molar-refractivity contribution in [1.82, 2.24) is 4.90 Å². The van der Waals surface area contributed by atoms with Crippen molar-refractivity contribution in [2.75, 3.05) is 31.1 Å². The van der Waals surface area contributed by atoms with E-state index in [1.54, 1.807) is 0 Å². The molecule has 0 aromatic heterocycles. The molecule has 1 aliphatic heterocycles. The Bertz CT molecular complexity index is 564. The first kappa shape index (κ1) is 15.3. The Balaban J connectivity index is 1.46. The van der Waals surface area contributed by atoms with Crippen LogP contribution in [0.15, 0.2) is 24.3 Å². The van der Waals surface area contributed by atoms with Crippen molar-refractivity contribution in [3.8, 4) is 0 Å². The summed E-state index contributed by atoms with van der Waals surface area (Å²) in [6.45, 7) is 3.04. The van der Waals surface area contributed by atoms with E-state index in [1.165, 1.54) is 0 Å². The summed E-state index contributed by atoms with van der Waals surface area (Å²) >= 11 is 6.02. The number of hydrogen-bond donors (Lipinski definition) is 0. The third-order valence-corrected chi connectivity index (χ3v) is 4.66. The van der Waals surface area contributed by atoms with Crippen LogP contribution in [0.3, 0.4) is 0 Å². The molecule has 2 fully saturated rings. The van der Waals surface area contributed by atoms with Gasteiger partial charge in [-0.15, -0.1) is 0 Å². The Morgan fingerprint density at radius 3 is 2.45 bits per heavy atom. The summed E-state index contributed by atoms with van der Waals surface area (Å²) in [5.74, 6) is 0.637. The maximum Gasteiger partial charge on any atom is 0.223 e. The maximum absolute atomic E-state index is 12.2. The lowest BCUT2D eigenvalue weighted by atomic mass is 10.1. The van der Waals surface area contributed by atoms with Crippen molar-refractivity contribution >= 4 is 29.0 Å². The average molecular weight is 321 g/mol. The van der Waals surface area contributed by atoms with Gasteiger partial charge in [-0.05, 0) is 31.0 Å². The first-order valence-electron chi connectivity index (χ1n) is 7.94. The van der Waals surface area contributed by atoms with Crippen molar-refractivity contribution in [2.24, 2.45) is 5.92 Å². The first-order chi connectivity index (χ1) is 10.6. The number of carbonyl (C=O) groups excluding carboxylic acids is 2. The molecular weight excluding hydrogens is 300 g/mol. The van der Waals surface area contributed by atoms with Gasteiger partial charge in [0.05, 0.1) is 0 Å². The molecule has 4 nitrogen and oxygen atoms in total. The minimum atomic E-state index is 0.111. The van der Waals surface area contributed by atoms with Crippen LogP contribution >= 0.6 is 11.6 Å². The van der Waals surface area contributed by atoms with Gasteiger partial charge in [-0.1, -0.05) is 17.7 Å². The Morgan fingerprint density at radius 1 is 1.09 bits per heavy atom. The van der Waals surface area contributed by atoms with E-state index < -0.39 is 0 Å². The summed E-state index contributed by atoms with van der Waals surface area (Å²) < 4.78 is 0. The molecule has 0 unspecified atom stereocenters. The van der Waals surface area contributed by atoms with Gasteiger partial charge in [0, 0.05) is 55.6 Å². The lowest BCUT2D eigenvalue weighted by Crippen LogP contribution is -2.48. The molecule has 1 aliphatic carbocycles. The molecule has 3 rings (SSSR count). The number of carbonyl (C=O) groups is 2. The van der Waals surface area contributed by atoms with Crippen molar-refractivity contribution in [3.05, 3.63) is 29.3 Å². The second-order valence-corrected chi connectivity index (χ2v) is 6.52. The van der Waals surface area contributed by atoms with Crippen LogP contribution in [-0.4, -0.2) is 42.8 Å². The maximum atomic E-state index is 12.2. The van der Waals surface area contributed by atoms with Gasteiger partial charge >= 0.3 is 0 Å². The van der Waals surface area contributed by atoms with E-state index in [4.69, 9.17) is 11.6 Å². The molecule has 0 radical (unpaired) electrons. The number of ketones is 1.